The van der Waals surface area contributed by atoms with Crippen LogP contribution in [0.5, 0.6) is 0 Å². The van der Waals surface area contributed by atoms with Crippen molar-refractivity contribution < 1.29 is 14.3 Å². The third kappa shape index (κ3) is 7.57. The summed E-state index contributed by atoms with van der Waals surface area (Å²) >= 11 is 0. The van der Waals surface area contributed by atoms with Gasteiger partial charge in [-0.1, -0.05) is 13.8 Å². The molecule has 0 aromatic carbocycles. The number of ether oxygens (including phenoxy) is 1. The Morgan fingerprint density at radius 3 is 2.18 bits per heavy atom. The number of nitrogens with one attached hydrogen (secondary N) is 2. The second kappa shape index (κ2) is 6.44. The lowest BCUT2D eigenvalue weighted by Crippen LogP contribution is -2.50. The molecule has 0 rings (SSSR count). The minimum absolute atomic E-state index is 0.257. The number of rotatable bonds is 4. The van der Waals surface area contributed by atoms with Crippen LogP contribution in [0.1, 0.15) is 41.0 Å². The van der Waals surface area contributed by atoms with Gasteiger partial charge < -0.3 is 10.1 Å². The molecule has 100 valence electrons. The van der Waals surface area contributed by atoms with Crippen LogP contribution in [0.4, 0.5) is 4.79 Å². The van der Waals surface area contributed by atoms with E-state index in [4.69, 9.17) is 10.6 Å². The minimum atomic E-state index is -0.671. The first-order chi connectivity index (χ1) is 7.65. The van der Waals surface area contributed by atoms with Crippen LogP contribution >= 0.6 is 0 Å². The molecule has 1 unspecified atom stereocenters. The molecule has 0 fully saturated rings. The summed E-state index contributed by atoms with van der Waals surface area (Å²) in [6.45, 7) is 9.17. The Morgan fingerprint density at radius 1 is 1.29 bits per heavy atom. The average Bonchev–Trinajstić information content (AvgIpc) is 2.11. The van der Waals surface area contributed by atoms with Crippen molar-refractivity contribution in [2.75, 3.05) is 0 Å². The number of hydrogen-bond donors (Lipinski definition) is 3. The number of nitrogens with two attached hydrogens (primary N) is 1. The first-order valence-electron chi connectivity index (χ1n) is 5.65. The van der Waals surface area contributed by atoms with E-state index < -0.39 is 23.6 Å². The summed E-state index contributed by atoms with van der Waals surface area (Å²) in [7, 11) is 0. The zero-order chi connectivity index (χ0) is 13.6. The molecular weight excluding hydrogens is 222 g/mol. The van der Waals surface area contributed by atoms with Crippen LogP contribution in [-0.2, 0) is 9.53 Å². The summed E-state index contributed by atoms with van der Waals surface area (Å²) in [5.41, 5.74) is 1.44. The maximum absolute atomic E-state index is 11.5. The molecule has 0 bridgehead atoms. The van der Waals surface area contributed by atoms with Crippen LogP contribution in [-0.4, -0.2) is 23.6 Å². The highest BCUT2D eigenvalue weighted by Crippen LogP contribution is 2.09. The topological polar surface area (TPSA) is 93.4 Å². The molecule has 0 aromatic heterocycles. The monoisotopic (exact) mass is 245 g/mol. The smallest absolute Gasteiger partial charge is 0.408 e. The Labute approximate surface area is 102 Å². The molecule has 17 heavy (non-hydrogen) atoms. The van der Waals surface area contributed by atoms with Gasteiger partial charge in [0, 0.05) is 0 Å². The van der Waals surface area contributed by atoms with E-state index in [0.717, 1.165) is 0 Å². The Kier molecular flexibility index (Phi) is 5.95. The highest BCUT2D eigenvalue weighted by molar-refractivity contribution is 5.85. The van der Waals surface area contributed by atoms with Crippen LogP contribution < -0.4 is 16.6 Å². The van der Waals surface area contributed by atoms with E-state index in [1.54, 1.807) is 20.8 Å². The summed E-state index contributed by atoms with van der Waals surface area (Å²) in [6.07, 6.45) is -0.116. The number of carbonyl (C=O) groups excluding carboxylic acids is 2. The molecule has 6 heteroatoms. The third-order valence-electron chi connectivity index (χ3n) is 1.86. The molecule has 0 aliphatic heterocycles. The number of hydrazine groups is 1. The Bertz CT molecular complexity index is 272. The van der Waals surface area contributed by atoms with E-state index in [1.807, 2.05) is 19.3 Å². The van der Waals surface area contributed by atoms with Crippen molar-refractivity contribution in [1.29, 1.82) is 0 Å². The summed E-state index contributed by atoms with van der Waals surface area (Å²) in [5, 5.41) is 2.50. The molecule has 0 saturated carbocycles. The van der Waals surface area contributed by atoms with Gasteiger partial charge in [-0.2, -0.15) is 0 Å². The molecule has 0 saturated heterocycles. The average molecular weight is 245 g/mol. The van der Waals surface area contributed by atoms with Crippen molar-refractivity contribution in [3.8, 4) is 0 Å². The predicted molar refractivity (Wildman–Crippen MR) is 64.9 cm³/mol. The van der Waals surface area contributed by atoms with Crippen molar-refractivity contribution in [3.63, 3.8) is 0 Å². The van der Waals surface area contributed by atoms with Gasteiger partial charge in [0.05, 0.1) is 0 Å². The first-order valence-corrected chi connectivity index (χ1v) is 5.65. The van der Waals surface area contributed by atoms with Crippen LogP contribution in [0.2, 0.25) is 0 Å². The van der Waals surface area contributed by atoms with E-state index >= 15 is 0 Å². The first kappa shape index (κ1) is 15.7. The molecule has 2 amide bonds. The largest absolute Gasteiger partial charge is 0.444 e. The van der Waals surface area contributed by atoms with Crippen molar-refractivity contribution in [3.05, 3.63) is 0 Å². The molecular formula is C11H23N3O3. The van der Waals surface area contributed by atoms with Gasteiger partial charge in [0.25, 0.3) is 5.91 Å². The molecule has 0 aromatic rings. The quantitative estimate of drug-likeness (QED) is 0.390. The summed E-state index contributed by atoms with van der Waals surface area (Å²) in [5.74, 6) is 4.89. The van der Waals surface area contributed by atoms with Gasteiger partial charge >= 0.3 is 6.09 Å². The fourth-order valence-electron chi connectivity index (χ4n) is 1.25. The second-order valence-electron chi connectivity index (χ2n) is 5.34. The van der Waals surface area contributed by atoms with Gasteiger partial charge in [-0.15, -0.1) is 0 Å². The van der Waals surface area contributed by atoms with Gasteiger partial charge in [-0.05, 0) is 33.1 Å². The number of alkyl carbamates (subject to hydrolysis) is 1. The van der Waals surface area contributed by atoms with Gasteiger partial charge in [0.15, 0.2) is 0 Å². The Morgan fingerprint density at radius 2 is 1.82 bits per heavy atom. The van der Waals surface area contributed by atoms with Gasteiger partial charge in [0.2, 0.25) is 0 Å². The standard InChI is InChI=1S/C11H23N3O3/c1-7(2)6-8(9(15)14-12)13-10(16)17-11(3,4)5/h7-8H,6,12H2,1-5H3,(H,13,16)(H,14,15). The van der Waals surface area contributed by atoms with E-state index in [-0.39, 0.29) is 5.92 Å². The third-order valence-corrected chi connectivity index (χ3v) is 1.86. The van der Waals surface area contributed by atoms with Crippen molar-refractivity contribution in [2.45, 2.75) is 52.7 Å². The van der Waals surface area contributed by atoms with Crippen molar-refractivity contribution in [2.24, 2.45) is 11.8 Å². The summed E-state index contributed by atoms with van der Waals surface area (Å²) in [4.78, 5) is 23.0. The highest BCUT2D eigenvalue weighted by atomic mass is 16.6. The van der Waals surface area contributed by atoms with Crippen molar-refractivity contribution in [1.82, 2.24) is 10.7 Å². The number of hydrogen-bond acceptors (Lipinski definition) is 4. The number of amides is 2. The van der Waals surface area contributed by atoms with Crippen LogP contribution in [0.15, 0.2) is 0 Å². The van der Waals surface area contributed by atoms with Crippen molar-refractivity contribution >= 4 is 12.0 Å². The number of carbonyl (C=O) groups is 2. The molecule has 0 heterocycles. The maximum atomic E-state index is 11.5. The molecule has 0 spiro atoms. The van der Waals surface area contributed by atoms with E-state index in [0.29, 0.717) is 6.42 Å². The lowest BCUT2D eigenvalue weighted by Gasteiger charge is -2.23. The maximum Gasteiger partial charge on any atom is 0.408 e. The molecule has 1 atom stereocenters. The van der Waals surface area contributed by atoms with Gasteiger partial charge in [0.1, 0.15) is 11.6 Å². The second-order valence-corrected chi connectivity index (χ2v) is 5.34. The van der Waals surface area contributed by atoms with E-state index in [1.165, 1.54) is 0 Å². The lowest BCUT2D eigenvalue weighted by molar-refractivity contribution is -0.123. The molecule has 0 aliphatic carbocycles. The fourth-order valence-corrected chi connectivity index (χ4v) is 1.25. The molecule has 4 N–H and O–H groups in total. The highest BCUT2D eigenvalue weighted by Gasteiger charge is 2.24. The summed E-state index contributed by atoms with van der Waals surface area (Å²) in [6, 6.07) is -0.671. The normalized spacial score (nSPS) is 13.1. The SMILES string of the molecule is CC(C)CC(NC(=O)OC(C)(C)C)C(=O)NN. The molecule has 0 radical (unpaired) electrons. The Balaban J connectivity index is 4.43. The van der Waals surface area contributed by atoms with Crippen LogP contribution in [0.3, 0.4) is 0 Å². The fraction of sp³-hybridized carbons (Fsp3) is 0.818. The predicted octanol–water partition coefficient (Wildman–Crippen LogP) is 0.916. The Hall–Kier alpha value is -1.30. The molecule has 6 nitrogen and oxygen atoms in total. The van der Waals surface area contributed by atoms with Crippen LogP contribution in [0, 0.1) is 5.92 Å². The zero-order valence-electron chi connectivity index (χ0n) is 11.2. The van der Waals surface area contributed by atoms with Crippen LogP contribution in [0.25, 0.3) is 0 Å². The van der Waals surface area contributed by atoms with Gasteiger partial charge in [-0.25, -0.2) is 10.6 Å². The van der Waals surface area contributed by atoms with Gasteiger partial charge in [-0.3, -0.25) is 10.2 Å². The zero-order valence-corrected chi connectivity index (χ0v) is 11.2. The lowest BCUT2D eigenvalue weighted by atomic mass is 10.0. The summed E-state index contributed by atoms with van der Waals surface area (Å²) < 4.78 is 5.07. The molecule has 0 aliphatic rings. The van der Waals surface area contributed by atoms with E-state index in [2.05, 4.69) is 5.32 Å². The van der Waals surface area contributed by atoms with E-state index in [9.17, 15) is 9.59 Å². The minimum Gasteiger partial charge on any atom is -0.444 e.